The largest absolute Gasteiger partial charge is 0.480 e. The van der Waals surface area contributed by atoms with Gasteiger partial charge in [-0.15, -0.1) is 0 Å². The molecule has 1 N–H and O–H groups in total. The molecule has 0 atom stereocenters. The van der Waals surface area contributed by atoms with E-state index in [-0.39, 0.29) is 23.7 Å². The van der Waals surface area contributed by atoms with Crippen LogP contribution in [-0.2, 0) is 14.6 Å². The van der Waals surface area contributed by atoms with Crippen molar-refractivity contribution in [3.8, 4) is 0 Å². The molecule has 5 heteroatoms. The first-order valence-electron chi connectivity index (χ1n) is 6.26. The van der Waals surface area contributed by atoms with Gasteiger partial charge in [-0.2, -0.15) is 0 Å². The molecule has 1 aromatic rings. The summed E-state index contributed by atoms with van der Waals surface area (Å²) in [5.41, 5.74) is 1.42. The zero-order valence-corrected chi connectivity index (χ0v) is 12.1. The van der Waals surface area contributed by atoms with Crippen LogP contribution in [0.25, 0.3) is 0 Å². The third-order valence-corrected chi connectivity index (χ3v) is 6.45. The SMILES string of the molecule is Cc1ccc(C)c(S(=O)(=O)C2(C(=O)O)CC(C)C2)c1. The number of carbonyl (C=O) groups is 1. The maximum absolute atomic E-state index is 12.7. The number of aryl methyl sites for hydroxylation is 2. The highest BCUT2D eigenvalue weighted by atomic mass is 32.2. The Morgan fingerprint density at radius 1 is 1.32 bits per heavy atom. The van der Waals surface area contributed by atoms with E-state index >= 15 is 0 Å². The lowest BCUT2D eigenvalue weighted by molar-refractivity contribution is -0.143. The van der Waals surface area contributed by atoms with E-state index in [0.29, 0.717) is 5.56 Å². The monoisotopic (exact) mass is 282 g/mol. The lowest BCUT2D eigenvalue weighted by Crippen LogP contribution is -2.55. The Morgan fingerprint density at radius 2 is 1.89 bits per heavy atom. The Bertz CT molecular complexity index is 625. The van der Waals surface area contributed by atoms with Gasteiger partial charge in [0.1, 0.15) is 0 Å². The normalized spacial score (nSPS) is 26.8. The molecule has 2 rings (SSSR count). The van der Waals surface area contributed by atoms with Gasteiger partial charge in [0.25, 0.3) is 0 Å². The summed E-state index contributed by atoms with van der Waals surface area (Å²) in [6.45, 7) is 5.37. The number of aliphatic carboxylic acids is 1. The number of sulfone groups is 1. The first-order valence-corrected chi connectivity index (χ1v) is 7.74. The minimum absolute atomic E-state index is 0.135. The topological polar surface area (TPSA) is 71.4 Å². The lowest BCUT2D eigenvalue weighted by Gasteiger charge is -2.42. The fourth-order valence-electron chi connectivity index (χ4n) is 2.78. The van der Waals surface area contributed by atoms with Crippen LogP contribution in [-0.4, -0.2) is 24.2 Å². The highest BCUT2D eigenvalue weighted by Crippen LogP contribution is 2.47. The molecule has 1 saturated carbocycles. The van der Waals surface area contributed by atoms with Crippen molar-refractivity contribution in [2.24, 2.45) is 5.92 Å². The van der Waals surface area contributed by atoms with Crippen LogP contribution < -0.4 is 0 Å². The average Bonchev–Trinajstić information content (AvgIpc) is 2.27. The molecule has 0 aliphatic heterocycles. The summed E-state index contributed by atoms with van der Waals surface area (Å²) >= 11 is 0. The predicted octanol–water partition coefficient (Wildman–Crippen LogP) is 2.33. The van der Waals surface area contributed by atoms with E-state index < -0.39 is 20.6 Å². The van der Waals surface area contributed by atoms with Crippen LogP contribution in [0, 0.1) is 19.8 Å². The highest BCUT2D eigenvalue weighted by molar-refractivity contribution is 7.93. The van der Waals surface area contributed by atoms with Gasteiger partial charge in [0, 0.05) is 0 Å². The molecule has 0 saturated heterocycles. The van der Waals surface area contributed by atoms with Gasteiger partial charge in [-0.3, -0.25) is 4.79 Å². The standard InChI is InChI=1S/C14H18O4S/c1-9-4-5-11(3)12(6-9)19(17,18)14(13(15)16)7-10(2)8-14/h4-6,10H,7-8H2,1-3H3,(H,15,16). The maximum atomic E-state index is 12.7. The second-order valence-corrected chi connectivity index (χ2v) is 7.81. The van der Waals surface area contributed by atoms with Crippen molar-refractivity contribution in [1.29, 1.82) is 0 Å². The van der Waals surface area contributed by atoms with E-state index in [2.05, 4.69) is 0 Å². The first-order chi connectivity index (χ1) is 8.70. The molecule has 1 aliphatic carbocycles. The van der Waals surface area contributed by atoms with Crippen LogP contribution in [0.15, 0.2) is 23.1 Å². The zero-order chi connectivity index (χ0) is 14.4. The van der Waals surface area contributed by atoms with E-state index in [4.69, 9.17) is 0 Å². The van der Waals surface area contributed by atoms with Crippen molar-refractivity contribution in [2.45, 2.75) is 43.3 Å². The number of rotatable bonds is 3. The fraction of sp³-hybridized carbons (Fsp3) is 0.500. The van der Waals surface area contributed by atoms with Crippen LogP contribution in [0.3, 0.4) is 0 Å². The van der Waals surface area contributed by atoms with Crippen molar-refractivity contribution >= 4 is 15.8 Å². The van der Waals surface area contributed by atoms with Crippen LogP contribution in [0.4, 0.5) is 0 Å². The van der Waals surface area contributed by atoms with Gasteiger partial charge in [-0.1, -0.05) is 19.1 Å². The number of hydrogen-bond acceptors (Lipinski definition) is 3. The molecular weight excluding hydrogens is 264 g/mol. The van der Waals surface area contributed by atoms with Crippen molar-refractivity contribution in [3.63, 3.8) is 0 Å². The Balaban J connectivity index is 2.59. The maximum Gasteiger partial charge on any atom is 0.325 e. The molecule has 0 unspecified atom stereocenters. The molecule has 0 bridgehead atoms. The van der Waals surface area contributed by atoms with Gasteiger partial charge >= 0.3 is 5.97 Å². The Kier molecular flexibility index (Phi) is 3.21. The van der Waals surface area contributed by atoms with E-state index in [1.54, 1.807) is 26.0 Å². The molecule has 0 heterocycles. The summed E-state index contributed by atoms with van der Waals surface area (Å²) in [5.74, 6) is -1.09. The Morgan fingerprint density at radius 3 is 2.37 bits per heavy atom. The Labute approximate surface area is 113 Å². The molecule has 0 radical (unpaired) electrons. The van der Waals surface area contributed by atoms with Crippen LogP contribution in [0.2, 0.25) is 0 Å². The smallest absolute Gasteiger partial charge is 0.325 e. The van der Waals surface area contributed by atoms with Crippen molar-refractivity contribution < 1.29 is 18.3 Å². The lowest BCUT2D eigenvalue weighted by atomic mass is 9.75. The molecule has 1 aliphatic rings. The predicted molar refractivity (Wildman–Crippen MR) is 71.9 cm³/mol. The minimum atomic E-state index is -3.85. The molecule has 0 amide bonds. The van der Waals surface area contributed by atoms with E-state index in [1.165, 1.54) is 0 Å². The van der Waals surface area contributed by atoms with E-state index in [0.717, 1.165) is 5.56 Å². The number of carboxylic acids is 1. The number of carboxylic acid groups (broad SMARTS) is 1. The van der Waals surface area contributed by atoms with Crippen molar-refractivity contribution in [2.75, 3.05) is 0 Å². The summed E-state index contributed by atoms with van der Waals surface area (Å²) in [5, 5.41) is 9.38. The molecule has 104 valence electrons. The van der Waals surface area contributed by atoms with Gasteiger partial charge in [-0.05, 0) is 49.8 Å². The van der Waals surface area contributed by atoms with E-state index in [9.17, 15) is 18.3 Å². The minimum Gasteiger partial charge on any atom is -0.480 e. The molecule has 4 nitrogen and oxygen atoms in total. The molecular formula is C14H18O4S. The average molecular weight is 282 g/mol. The molecule has 0 spiro atoms. The number of hydrogen-bond donors (Lipinski definition) is 1. The third kappa shape index (κ3) is 1.96. The summed E-state index contributed by atoms with van der Waals surface area (Å²) in [4.78, 5) is 11.6. The summed E-state index contributed by atoms with van der Waals surface area (Å²) in [6, 6.07) is 5.11. The van der Waals surface area contributed by atoms with Crippen LogP contribution in [0.1, 0.15) is 30.9 Å². The van der Waals surface area contributed by atoms with Crippen LogP contribution >= 0.6 is 0 Å². The third-order valence-electron chi connectivity index (χ3n) is 3.89. The van der Waals surface area contributed by atoms with Gasteiger partial charge in [-0.25, -0.2) is 8.42 Å². The molecule has 19 heavy (non-hydrogen) atoms. The molecule has 1 aromatic carbocycles. The summed E-state index contributed by atoms with van der Waals surface area (Å²) in [6.07, 6.45) is 0.385. The molecule has 0 aromatic heterocycles. The second kappa shape index (κ2) is 4.34. The number of benzene rings is 1. The van der Waals surface area contributed by atoms with Gasteiger partial charge < -0.3 is 5.11 Å². The van der Waals surface area contributed by atoms with Gasteiger partial charge in [0.2, 0.25) is 0 Å². The quantitative estimate of drug-likeness (QED) is 0.923. The van der Waals surface area contributed by atoms with Crippen molar-refractivity contribution in [3.05, 3.63) is 29.3 Å². The fourth-order valence-corrected chi connectivity index (χ4v) is 5.27. The zero-order valence-electron chi connectivity index (χ0n) is 11.3. The molecule has 1 fully saturated rings. The van der Waals surface area contributed by atoms with Crippen LogP contribution in [0.5, 0.6) is 0 Å². The van der Waals surface area contributed by atoms with Crippen molar-refractivity contribution in [1.82, 2.24) is 0 Å². The summed E-state index contributed by atoms with van der Waals surface area (Å²) < 4.78 is 23.8. The Hall–Kier alpha value is -1.36. The second-order valence-electron chi connectivity index (χ2n) is 5.59. The van der Waals surface area contributed by atoms with Gasteiger partial charge in [0.05, 0.1) is 4.90 Å². The first kappa shape index (κ1) is 14.1. The van der Waals surface area contributed by atoms with E-state index in [1.807, 2.05) is 13.0 Å². The highest BCUT2D eigenvalue weighted by Gasteiger charge is 2.59. The van der Waals surface area contributed by atoms with Gasteiger partial charge in [0.15, 0.2) is 14.6 Å². The summed E-state index contributed by atoms with van der Waals surface area (Å²) in [7, 11) is -3.85.